The summed E-state index contributed by atoms with van der Waals surface area (Å²) in [7, 11) is 1.59. The van der Waals surface area contributed by atoms with E-state index in [9.17, 15) is 4.79 Å². The van der Waals surface area contributed by atoms with E-state index in [1.165, 1.54) is 0 Å². The van der Waals surface area contributed by atoms with Crippen LogP contribution < -0.4 is 16.0 Å². The molecule has 0 atom stereocenters. The van der Waals surface area contributed by atoms with E-state index >= 15 is 0 Å². The van der Waals surface area contributed by atoms with Crippen LogP contribution in [0.2, 0.25) is 0 Å². The van der Waals surface area contributed by atoms with Crippen LogP contribution in [0.5, 0.6) is 0 Å². The first-order valence-electron chi connectivity index (χ1n) is 5.73. The van der Waals surface area contributed by atoms with Gasteiger partial charge in [0.05, 0.1) is 0 Å². The molecule has 0 aromatic heterocycles. The maximum Gasteiger partial charge on any atom is 0.318 e. The Hall–Kier alpha value is -1.71. The van der Waals surface area contributed by atoms with Crippen LogP contribution in [0.3, 0.4) is 0 Å². The summed E-state index contributed by atoms with van der Waals surface area (Å²) in [5.41, 5.74) is 2.09. The number of rotatable bonds is 3. The summed E-state index contributed by atoms with van der Waals surface area (Å²) in [4.78, 5) is 11.1. The summed E-state index contributed by atoms with van der Waals surface area (Å²) < 4.78 is 0. The van der Waals surface area contributed by atoms with Crippen molar-refractivity contribution in [1.82, 2.24) is 5.32 Å². The second-order valence-corrected chi connectivity index (χ2v) is 5.20. The minimum atomic E-state index is -0.208. The average Bonchev–Trinajstić information content (AvgIpc) is 2.27. The second-order valence-electron chi connectivity index (χ2n) is 5.20. The molecule has 0 aliphatic carbocycles. The van der Waals surface area contributed by atoms with Crippen LogP contribution in [0, 0.1) is 5.41 Å². The molecule has 0 spiro atoms. The fraction of sp³-hybridized carbons (Fsp3) is 0.462. The van der Waals surface area contributed by atoms with Crippen LogP contribution in [0.15, 0.2) is 24.3 Å². The molecule has 3 N–H and O–H groups in total. The fourth-order valence-electron chi connectivity index (χ4n) is 1.23. The Kier molecular flexibility index (Phi) is 4.37. The highest BCUT2D eigenvalue weighted by atomic mass is 16.2. The Labute approximate surface area is 103 Å². The number of benzene rings is 1. The van der Waals surface area contributed by atoms with Gasteiger partial charge in [-0.1, -0.05) is 20.8 Å². The van der Waals surface area contributed by atoms with Gasteiger partial charge in [0.25, 0.3) is 0 Å². The first kappa shape index (κ1) is 13.4. The van der Waals surface area contributed by atoms with E-state index in [1.807, 2.05) is 24.3 Å². The zero-order valence-electron chi connectivity index (χ0n) is 10.9. The normalized spacial score (nSPS) is 10.8. The number of hydrogen-bond donors (Lipinski definition) is 3. The molecule has 4 heteroatoms. The van der Waals surface area contributed by atoms with Crippen molar-refractivity contribution >= 4 is 17.4 Å². The van der Waals surface area contributed by atoms with Crippen molar-refractivity contribution in [2.24, 2.45) is 5.41 Å². The van der Waals surface area contributed by atoms with Gasteiger partial charge in [0.2, 0.25) is 0 Å². The Morgan fingerprint density at radius 3 is 2.12 bits per heavy atom. The summed E-state index contributed by atoms with van der Waals surface area (Å²) in [5.74, 6) is 0. The van der Waals surface area contributed by atoms with E-state index in [-0.39, 0.29) is 11.4 Å². The van der Waals surface area contributed by atoms with E-state index < -0.39 is 0 Å². The summed E-state index contributed by atoms with van der Waals surface area (Å²) >= 11 is 0. The van der Waals surface area contributed by atoms with E-state index in [0.717, 1.165) is 17.9 Å². The number of carbonyl (C=O) groups excluding carboxylic acids is 1. The largest absolute Gasteiger partial charge is 0.385 e. The third kappa shape index (κ3) is 5.24. The van der Waals surface area contributed by atoms with Crippen molar-refractivity contribution < 1.29 is 4.79 Å². The molecule has 1 aromatic rings. The van der Waals surface area contributed by atoms with E-state index in [1.54, 1.807) is 7.05 Å². The summed E-state index contributed by atoms with van der Waals surface area (Å²) in [6, 6.07) is 7.45. The number of amides is 2. The third-order valence-electron chi connectivity index (χ3n) is 2.19. The van der Waals surface area contributed by atoms with E-state index in [0.29, 0.717) is 0 Å². The number of hydrogen-bond acceptors (Lipinski definition) is 2. The van der Waals surface area contributed by atoms with Crippen molar-refractivity contribution in [2.75, 3.05) is 24.2 Å². The molecule has 0 unspecified atom stereocenters. The van der Waals surface area contributed by atoms with Crippen LogP contribution in [-0.2, 0) is 0 Å². The van der Waals surface area contributed by atoms with Gasteiger partial charge in [-0.05, 0) is 29.7 Å². The van der Waals surface area contributed by atoms with Crippen LogP contribution >= 0.6 is 0 Å². The number of anilines is 2. The van der Waals surface area contributed by atoms with E-state index in [2.05, 4.69) is 36.7 Å². The molecule has 2 amide bonds. The number of carbonyl (C=O) groups is 1. The SMILES string of the molecule is CNC(=O)Nc1ccc(NCC(C)(C)C)cc1. The Bertz CT molecular complexity index is 365. The predicted molar refractivity (Wildman–Crippen MR) is 72.5 cm³/mol. The van der Waals surface area contributed by atoms with Crippen molar-refractivity contribution in [3.8, 4) is 0 Å². The second kappa shape index (κ2) is 5.57. The van der Waals surface area contributed by atoms with Crippen LogP contribution in [0.25, 0.3) is 0 Å². The minimum absolute atomic E-state index is 0.208. The maximum absolute atomic E-state index is 11.1. The van der Waals surface area contributed by atoms with Gasteiger partial charge < -0.3 is 16.0 Å². The Morgan fingerprint density at radius 1 is 1.12 bits per heavy atom. The monoisotopic (exact) mass is 235 g/mol. The molecule has 0 aliphatic heterocycles. The first-order chi connectivity index (χ1) is 7.90. The summed E-state index contributed by atoms with van der Waals surface area (Å²) in [6.45, 7) is 7.46. The maximum atomic E-state index is 11.1. The summed E-state index contributed by atoms with van der Waals surface area (Å²) in [5, 5.41) is 8.57. The molecule has 0 saturated heterocycles. The molecule has 0 radical (unpaired) electrons. The Morgan fingerprint density at radius 2 is 1.65 bits per heavy atom. The van der Waals surface area contributed by atoms with Crippen LogP contribution in [0.4, 0.5) is 16.2 Å². The Balaban J connectivity index is 2.53. The summed E-state index contributed by atoms with van der Waals surface area (Å²) in [6.07, 6.45) is 0. The van der Waals surface area contributed by atoms with Gasteiger partial charge in [-0.3, -0.25) is 0 Å². The fourth-order valence-corrected chi connectivity index (χ4v) is 1.23. The minimum Gasteiger partial charge on any atom is -0.385 e. The number of urea groups is 1. The van der Waals surface area contributed by atoms with Crippen LogP contribution in [-0.4, -0.2) is 19.6 Å². The number of nitrogens with one attached hydrogen (secondary N) is 3. The molecule has 0 aliphatic rings. The van der Waals surface area contributed by atoms with Gasteiger partial charge in [0.1, 0.15) is 0 Å². The molecule has 17 heavy (non-hydrogen) atoms. The molecule has 4 nitrogen and oxygen atoms in total. The molecule has 0 heterocycles. The quantitative estimate of drug-likeness (QED) is 0.754. The molecule has 0 bridgehead atoms. The molecule has 1 aromatic carbocycles. The highest BCUT2D eigenvalue weighted by molar-refractivity contribution is 5.89. The predicted octanol–water partition coefficient (Wildman–Crippen LogP) is 2.90. The standard InChI is InChI=1S/C13H21N3O/c1-13(2,3)9-15-10-5-7-11(8-6-10)16-12(17)14-4/h5-8,15H,9H2,1-4H3,(H2,14,16,17). The molecule has 0 fully saturated rings. The average molecular weight is 235 g/mol. The first-order valence-corrected chi connectivity index (χ1v) is 5.73. The van der Waals surface area contributed by atoms with Gasteiger partial charge in [0, 0.05) is 25.0 Å². The van der Waals surface area contributed by atoms with Gasteiger partial charge in [-0.2, -0.15) is 0 Å². The lowest BCUT2D eigenvalue weighted by Gasteiger charge is -2.19. The molecule has 0 saturated carbocycles. The zero-order chi connectivity index (χ0) is 12.9. The topological polar surface area (TPSA) is 53.2 Å². The molecular weight excluding hydrogens is 214 g/mol. The molecule has 94 valence electrons. The van der Waals surface area contributed by atoms with Crippen LogP contribution in [0.1, 0.15) is 20.8 Å². The van der Waals surface area contributed by atoms with Crippen molar-refractivity contribution in [3.63, 3.8) is 0 Å². The molecular formula is C13H21N3O. The zero-order valence-corrected chi connectivity index (χ0v) is 10.9. The van der Waals surface area contributed by atoms with Crippen molar-refractivity contribution in [3.05, 3.63) is 24.3 Å². The van der Waals surface area contributed by atoms with Crippen molar-refractivity contribution in [1.29, 1.82) is 0 Å². The van der Waals surface area contributed by atoms with Gasteiger partial charge in [-0.15, -0.1) is 0 Å². The lowest BCUT2D eigenvalue weighted by Crippen LogP contribution is -2.24. The van der Waals surface area contributed by atoms with Gasteiger partial charge in [-0.25, -0.2) is 4.79 Å². The smallest absolute Gasteiger partial charge is 0.318 e. The lowest BCUT2D eigenvalue weighted by atomic mass is 9.97. The van der Waals surface area contributed by atoms with Crippen molar-refractivity contribution in [2.45, 2.75) is 20.8 Å². The lowest BCUT2D eigenvalue weighted by molar-refractivity contribution is 0.254. The highest BCUT2D eigenvalue weighted by Gasteiger charge is 2.09. The van der Waals surface area contributed by atoms with Gasteiger partial charge in [0.15, 0.2) is 0 Å². The third-order valence-corrected chi connectivity index (χ3v) is 2.19. The highest BCUT2D eigenvalue weighted by Crippen LogP contribution is 2.17. The van der Waals surface area contributed by atoms with E-state index in [4.69, 9.17) is 0 Å². The van der Waals surface area contributed by atoms with Gasteiger partial charge >= 0.3 is 6.03 Å². The molecule has 1 rings (SSSR count).